The fourth-order valence-electron chi connectivity index (χ4n) is 1.58. The largest absolute Gasteiger partial charge is 0.458 e. The Balaban J connectivity index is 2.48. The Bertz CT molecular complexity index is 537. The van der Waals surface area contributed by atoms with Crippen LogP contribution in [0.1, 0.15) is 24.8 Å². The second-order valence-corrected chi connectivity index (χ2v) is 4.93. The van der Waals surface area contributed by atoms with Crippen LogP contribution in [0, 0.1) is 10.5 Å². The minimum absolute atomic E-state index is 0.521. The lowest BCUT2D eigenvalue weighted by Crippen LogP contribution is -2.04. The van der Waals surface area contributed by atoms with Gasteiger partial charge in [0.15, 0.2) is 11.6 Å². The van der Waals surface area contributed by atoms with Gasteiger partial charge in [-0.2, -0.15) is 0 Å². The number of nitrogen functional groups attached to an aromatic ring is 1. The summed E-state index contributed by atoms with van der Waals surface area (Å²) in [6, 6.07) is 3.76. The molecule has 5 heteroatoms. The number of halogens is 1. The highest BCUT2D eigenvalue weighted by Gasteiger charge is 2.12. The summed E-state index contributed by atoms with van der Waals surface area (Å²) in [4.78, 5) is 8.78. The van der Waals surface area contributed by atoms with Crippen molar-refractivity contribution in [1.82, 2.24) is 9.97 Å². The van der Waals surface area contributed by atoms with Crippen LogP contribution in [0.3, 0.4) is 0 Å². The maximum Gasteiger partial charge on any atom is 0.197 e. The van der Waals surface area contributed by atoms with Crippen LogP contribution in [0.5, 0.6) is 0 Å². The first-order valence-corrected chi connectivity index (χ1v) is 6.58. The van der Waals surface area contributed by atoms with E-state index < -0.39 is 0 Å². The normalized spacial score (nSPS) is 10.8. The van der Waals surface area contributed by atoms with Crippen molar-refractivity contribution in [3.8, 4) is 11.6 Å². The molecule has 0 unspecified atom stereocenters. The molecule has 0 bridgehead atoms. The van der Waals surface area contributed by atoms with Gasteiger partial charge in [-0.15, -0.1) is 0 Å². The first-order valence-electron chi connectivity index (χ1n) is 5.50. The van der Waals surface area contributed by atoms with E-state index in [2.05, 4.69) is 39.5 Å². The molecule has 90 valence electrons. The zero-order valence-electron chi connectivity index (χ0n) is 9.83. The van der Waals surface area contributed by atoms with Crippen LogP contribution in [-0.2, 0) is 6.42 Å². The average Bonchev–Trinajstić information content (AvgIpc) is 2.71. The van der Waals surface area contributed by atoms with E-state index in [-0.39, 0.29) is 0 Å². The van der Waals surface area contributed by atoms with Crippen molar-refractivity contribution in [2.24, 2.45) is 0 Å². The molecule has 0 atom stereocenters. The number of rotatable bonds is 3. The van der Waals surface area contributed by atoms with Crippen LogP contribution in [0.4, 0.5) is 5.82 Å². The molecule has 17 heavy (non-hydrogen) atoms. The monoisotopic (exact) mass is 343 g/mol. The third kappa shape index (κ3) is 2.59. The van der Waals surface area contributed by atoms with E-state index in [9.17, 15) is 0 Å². The van der Waals surface area contributed by atoms with Crippen molar-refractivity contribution in [1.29, 1.82) is 0 Å². The molecule has 2 aromatic heterocycles. The van der Waals surface area contributed by atoms with Crippen molar-refractivity contribution in [2.45, 2.75) is 26.7 Å². The van der Waals surface area contributed by atoms with Gasteiger partial charge in [-0.25, -0.2) is 9.97 Å². The Morgan fingerprint density at radius 3 is 2.71 bits per heavy atom. The number of hydrogen-bond donors (Lipinski definition) is 1. The van der Waals surface area contributed by atoms with E-state index in [0.29, 0.717) is 17.4 Å². The van der Waals surface area contributed by atoms with Gasteiger partial charge in [-0.3, -0.25) is 0 Å². The van der Waals surface area contributed by atoms with E-state index in [0.717, 1.165) is 27.9 Å². The predicted molar refractivity (Wildman–Crippen MR) is 75.6 cm³/mol. The molecule has 2 heterocycles. The van der Waals surface area contributed by atoms with Crippen LogP contribution >= 0.6 is 22.6 Å². The summed E-state index contributed by atoms with van der Waals surface area (Å²) in [7, 11) is 0. The molecule has 0 aliphatic carbocycles. The van der Waals surface area contributed by atoms with Gasteiger partial charge in [-0.05, 0) is 48.1 Å². The second kappa shape index (κ2) is 5.03. The molecule has 0 spiro atoms. The summed E-state index contributed by atoms with van der Waals surface area (Å²) in [5.74, 6) is 2.60. The molecule has 4 nitrogen and oxygen atoms in total. The Morgan fingerprint density at radius 1 is 1.35 bits per heavy atom. The summed E-state index contributed by atoms with van der Waals surface area (Å²) < 4.78 is 6.46. The third-order valence-electron chi connectivity index (χ3n) is 2.39. The van der Waals surface area contributed by atoms with Crippen LogP contribution in [0.25, 0.3) is 11.6 Å². The zero-order chi connectivity index (χ0) is 12.4. The molecule has 0 amide bonds. The summed E-state index contributed by atoms with van der Waals surface area (Å²) >= 11 is 2.19. The lowest BCUT2D eigenvalue weighted by Gasteiger charge is -2.06. The Hall–Kier alpha value is -1.11. The maximum absolute atomic E-state index is 5.90. The van der Waals surface area contributed by atoms with Crippen LogP contribution in [0.2, 0.25) is 0 Å². The van der Waals surface area contributed by atoms with E-state index in [1.165, 1.54) is 0 Å². The summed E-state index contributed by atoms with van der Waals surface area (Å²) in [5, 5.41) is 0. The number of hydrogen-bond acceptors (Lipinski definition) is 4. The molecular formula is C12H14IN3O. The van der Waals surface area contributed by atoms with E-state index in [1.807, 2.05) is 19.1 Å². The Morgan fingerprint density at radius 2 is 2.12 bits per heavy atom. The van der Waals surface area contributed by atoms with E-state index in [1.54, 1.807) is 0 Å². The number of nitrogens with two attached hydrogens (primary N) is 1. The SMILES string of the molecule is CCCc1nc(-c2ccc(C)o2)nc(N)c1I. The zero-order valence-corrected chi connectivity index (χ0v) is 12.0. The van der Waals surface area contributed by atoms with Crippen molar-refractivity contribution < 1.29 is 4.42 Å². The second-order valence-electron chi connectivity index (χ2n) is 3.85. The highest BCUT2D eigenvalue weighted by molar-refractivity contribution is 14.1. The summed E-state index contributed by atoms with van der Waals surface area (Å²) in [6.07, 6.45) is 1.93. The Labute approximate surface area is 114 Å². The quantitative estimate of drug-likeness (QED) is 0.870. The molecule has 0 saturated heterocycles. The summed E-state index contributed by atoms with van der Waals surface area (Å²) in [6.45, 7) is 4.01. The molecular weight excluding hydrogens is 329 g/mol. The van der Waals surface area contributed by atoms with Crippen LogP contribution < -0.4 is 5.73 Å². The highest BCUT2D eigenvalue weighted by atomic mass is 127. The number of aryl methyl sites for hydroxylation is 2. The first-order chi connectivity index (χ1) is 8.11. The fourth-order valence-corrected chi connectivity index (χ4v) is 2.09. The number of nitrogens with zero attached hydrogens (tertiary/aromatic N) is 2. The molecule has 0 aliphatic rings. The van der Waals surface area contributed by atoms with E-state index in [4.69, 9.17) is 10.2 Å². The molecule has 0 saturated carbocycles. The number of furan rings is 1. The molecule has 0 radical (unpaired) electrons. The lowest BCUT2D eigenvalue weighted by atomic mass is 10.2. The van der Waals surface area contributed by atoms with Crippen LogP contribution in [-0.4, -0.2) is 9.97 Å². The number of aromatic nitrogens is 2. The first kappa shape index (κ1) is 12.3. The average molecular weight is 343 g/mol. The predicted octanol–water partition coefficient (Wildman–Crippen LogP) is 3.18. The smallest absolute Gasteiger partial charge is 0.197 e. The standard InChI is InChI=1S/C12H14IN3O/c1-3-4-8-10(13)11(14)16-12(15-8)9-6-5-7(2)17-9/h5-6H,3-4H2,1-2H3,(H2,14,15,16). The molecule has 0 fully saturated rings. The van der Waals surface area contributed by atoms with E-state index >= 15 is 0 Å². The van der Waals surface area contributed by atoms with Gasteiger partial charge in [0.1, 0.15) is 11.6 Å². The minimum atomic E-state index is 0.521. The maximum atomic E-state index is 5.90. The minimum Gasteiger partial charge on any atom is -0.458 e. The summed E-state index contributed by atoms with van der Waals surface area (Å²) in [5.41, 5.74) is 6.89. The van der Waals surface area contributed by atoms with Gasteiger partial charge in [-0.1, -0.05) is 13.3 Å². The van der Waals surface area contributed by atoms with Crippen molar-refractivity contribution in [3.05, 3.63) is 27.2 Å². The van der Waals surface area contributed by atoms with Gasteiger partial charge >= 0.3 is 0 Å². The van der Waals surface area contributed by atoms with Crippen LogP contribution in [0.15, 0.2) is 16.5 Å². The van der Waals surface area contributed by atoms with Crippen molar-refractivity contribution >= 4 is 28.4 Å². The third-order valence-corrected chi connectivity index (χ3v) is 3.57. The van der Waals surface area contributed by atoms with Gasteiger partial charge in [0.2, 0.25) is 0 Å². The van der Waals surface area contributed by atoms with Gasteiger partial charge in [0, 0.05) is 0 Å². The molecule has 2 rings (SSSR count). The van der Waals surface area contributed by atoms with Gasteiger partial charge in [0.05, 0.1) is 9.26 Å². The molecule has 0 aliphatic heterocycles. The highest BCUT2D eigenvalue weighted by Crippen LogP contribution is 2.24. The van der Waals surface area contributed by atoms with Crippen molar-refractivity contribution in [2.75, 3.05) is 5.73 Å². The lowest BCUT2D eigenvalue weighted by molar-refractivity contribution is 0.543. The molecule has 0 aromatic carbocycles. The molecule has 2 aromatic rings. The van der Waals surface area contributed by atoms with Gasteiger partial charge < -0.3 is 10.2 Å². The van der Waals surface area contributed by atoms with Crippen molar-refractivity contribution in [3.63, 3.8) is 0 Å². The number of anilines is 1. The Kier molecular flexibility index (Phi) is 3.66. The molecule has 2 N–H and O–H groups in total. The fraction of sp³-hybridized carbons (Fsp3) is 0.333. The van der Waals surface area contributed by atoms with Gasteiger partial charge in [0.25, 0.3) is 0 Å². The topological polar surface area (TPSA) is 64.9 Å².